The van der Waals surface area contributed by atoms with Gasteiger partial charge in [0.25, 0.3) is 0 Å². The molecule has 20 heavy (non-hydrogen) atoms. The van der Waals surface area contributed by atoms with Gasteiger partial charge in [0, 0.05) is 5.69 Å². The highest BCUT2D eigenvalue weighted by Gasteiger charge is 2.26. The summed E-state index contributed by atoms with van der Waals surface area (Å²) >= 11 is 0. The zero-order valence-corrected chi connectivity index (χ0v) is 12.2. The summed E-state index contributed by atoms with van der Waals surface area (Å²) in [6, 6.07) is 5.14. The molecule has 0 radical (unpaired) electrons. The number of ether oxygens (including phenoxy) is 2. The number of anilines is 1. The van der Waals surface area contributed by atoms with Crippen molar-refractivity contribution in [1.29, 1.82) is 0 Å². The highest BCUT2D eigenvalue weighted by molar-refractivity contribution is 5.93. The summed E-state index contributed by atoms with van der Waals surface area (Å²) in [6.45, 7) is 2.19. The van der Waals surface area contributed by atoms with Crippen LogP contribution in [0, 0.1) is 5.92 Å². The summed E-state index contributed by atoms with van der Waals surface area (Å²) in [5.41, 5.74) is 6.69. The van der Waals surface area contributed by atoms with Crippen LogP contribution in [0.2, 0.25) is 0 Å². The third-order valence-electron chi connectivity index (χ3n) is 4.05. The number of rotatable bonds is 4. The number of carbonyl (C=O) groups is 1. The van der Waals surface area contributed by atoms with Crippen LogP contribution >= 0.6 is 0 Å². The molecule has 0 bridgehead atoms. The second-order valence-electron chi connectivity index (χ2n) is 5.36. The van der Waals surface area contributed by atoms with E-state index in [1.807, 2.05) is 0 Å². The molecule has 4 heteroatoms. The van der Waals surface area contributed by atoms with E-state index >= 15 is 0 Å². The van der Waals surface area contributed by atoms with Crippen molar-refractivity contribution in [3.63, 3.8) is 0 Å². The lowest BCUT2D eigenvalue weighted by Gasteiger charge is -2.31. The number of hydrogen-bond donors (Lipinski definition) is 1. The first-order valence-corrected chi connectivity index (χ1v) is 7.30. The van der Waals surface area contributed by atoms with Crippen molar-refractivity contribution in [2.75, 3.05) is 12.8 Å². The summed E-state index contributed by atoms with van der Waals surface area (Å²) in [4.78, 5) is 11.8. The van der Waals surface area contributed by atoms with Crippen LogP contribution in [-0.2, 0) is 4.74 Å². The molecule has 4 nitrogen and oxygen atoms in total. The minimum absolute atomic E-state index is 0.181. The Labute approximate surface area is 120 Å². The Morgan fingerprint density at radius 3 is 2.80 bits per heavy atom. The molecule has 0 spiro atoms. The van der Waals surface area contributed by atoms with Gasteiger partial charge in [0.05, 0.1) is 7.11 Å². The predicted molar refractivity (Wildman–Crippen MR) is 78.9 cm³/mol. The van der Waals surface area contributed by atoms with Gasteiger partial charge in [-0.25, -0.2) is 4.79 Å². The number of methoxy groups -OCH3 is 1. The Bertz CT molecular complexity index is 473. The van der Waals surface area contributed by atoms with E-state index in [0.29, 0.717) is 22.9 Å². The SMILES string of the molecule is CCC1CCCCC1Oc1ccc(N)cc1C(=O)OC. The Balaban J connectivity index is 2.21. The number of nitrogen functional groups attached to an aromatic ring is 1. The van der Waals surface area contributed by atoms with Crippen LogP contribution in [0.25, 0.3) is 0 Å². The van der Waals surface area contributed by atoms with E-state index in [1.165, 1.54) is 26.4 Å². The largest absolute Gasteiger partial charge is 0.489 e. The Morgan fingerprint density at radius 1 is 1.35 bits per heavy atom. The van der Waals surface area contributed by atoms with Gasteiger partial charge in [-0.1, -0.05) is 13.3 Å². The Kier molecular flexibility index (Phi) is 4.88. The maximum atomic E-state index is 11.8. The van der Waals surface area contributed by atoms with Crippen LogP contribution in [0.1, 0.15) is 49.4 Å². The lowest BCUT2D eigenvalue weighted by Crippen LogP contribution is -2.30. The van der Waals surface area contributed by atoms with Crippen LogP contribution in [0.5, 0.6) is 5.75 Å². The molecule has 0 heterocycles. The average molecular weight is 277 g/mol. The van der Waals surface area contributed by atoms with E-state index in [2.05, 4.69) is 6.92 Å². The fourth-order valence-corrected chi connectivity index (χ4v) is 2.88. The summed E-state index contributed by atoms with van der Waals surface area (Å²) in [7, 11) is 1.37. The van der Waals surface area contributed by atoms with Crippen LogP contribution < -0.4 is 10.5 Å². The second-order valence-corrected chi connectivity index (χ2v) is 5.36. The van der Waals surface area contributed by atoms with Crippen molar-refractivity contribution in [3.8, 4) is 5.75 Å². The standard InChI is InChI=1S/C16H23NO3/c1-3-11-6-4-5-7-14(11)20-15-9-8-12(17)10-13(15)16(18)19-2/h8-11,14H,3-7,17H2,1-2H3. The molecule has 1 aliphatic carbocycles. The van der Waals surface area contributed by atoms with Crippen molar-refractivity contribution >= 4 is 11.7 Å². The van der Waals surface area contributed by atoms with Crippen LogP contribution in [0.15, 0.2) is 18.2 Å². The van der Waals surface area contributed by atoms with Crippen molar-refractivity contribution in [2.24, 2.45) is 5.92 Å². The fourth-order valence-electron chi connectivity index (χ4n) is 2.88. The lowest BCUT2D eigenvalue weighted by atomic mass is 9.84. The highest BCUT2D eigenvalue weighted by Crippen LogP contribution is 2.32. The normalized spacial score (nSPS) is 22.3. The van der Waals surface area contributed by atoms with Gasteiger partial charge in [0.15, 0.2) is 0 Å². The molecule has 0 aliphatic heterocycles. The molecule has 2 unspecified atom stereocenters. The predicted octanol–water partition coefficient (Wildman–Crippen LogP) is 3.40. The average Bonchev–Trinajstić information content (AvgIpc) is 2.48. The van der Waals surface area contributed by atoms with E-state index < -0.39 is 5.97 Å². The zero-order valence-electron chi connectivity index (χ0n) is 12.2. The quantitative estimate of drug-likeness (QED) is 0.676. The van der Waals surface area contributed by atoms with E-state index in [9.17, 15) is 4.79 Å². The molecule has 110 valence electrons. The molecule has 0 aromatic heterocycles. The molecule has 0 saturated heterocycles. The van der Waals surface area contributed by atoms with E-state index in [-0.39, 0.29) is 6.10 Å². The number of nitrogens with two attached hydrogens (primary N) is 1. The molecule has 1 aromatic carbocycles. The summed E-state index contributed by atoms with van der Waals surface area (Å²) in [5.74, 6) is 0.736. The summed E-state index contributed by atoms with van der Waals surface area (Å²) < 4.78 is 10.9. The Morgan fingerprint density at radius 2 is 2.10 bits per heavy atom. The molecular formula is C16H23NO3. The summed E-state index contributed by atoms with van der Waals surface area (Å²) in [6.07, 6.45) is 5.98. The first-order valence-electron chi connectivity index (χ1n) is 7.30. The highest BCUT2D eigenvalue weighted by atomic mass is 16.5. The fraction of sp³-hybridized carbons (Fsp3) is 0.562. The van der Waals surface area contributed by atoms with Crippen LogP contribution in [0.3, 0.4) is 0 Å². The topological polar surface area (TPSA) is 61.5 Å². The molecule has 1 saturated carbocycles. The van der Waals surface area contributed by atoms with Crippen molar-refractivity contribution < 1.29 is 14.3 Å². The number of esters is 1. The summed E-state index contributed by atoms with van der Waals surface area (Å²) in [5, 5.41) is 0. The van der Waals surface area contributed by atoms with E-state index in [0.717, 1.165) is 12.8 Å². The van der Waals surface area contributed by atoms with E-state index in [4.69, 9.17) is 15.2 Å². The van der Waals surface area contributed by atoms with Gasteiger partial charge in [-0.3, -0.25) is 0 Å². The van der Waals surface area contributed by atoms with Gasteiger partial charge in [0.1, 0.15) is 17.4 Å². The lowest BCUT2D eigenvalue weighted by molar-refractivity contribution is 0.0575. The third kappa shape index (κ3) is 3.24. The maximum Gasteiger partial charge on any atom is 0.341 e. The van der Waals surface area contributed by atoms with Gasteiger partial charge in [0.2, 0.25) is 0 Å². The van der Waals surface area contributed by atoms with Crippen LogP contribution in [0.4, 0.5) is 5.69 Å². The smallest absolute Gasteiger partial charge is 0.341 e. The number of hydrogen-bond acceptors (Lipinski definition) is 4. The molecular weight excluding hydrogens is 254 g/mol. The third-order valence-corrected chi connectivity index (χ3v) is 4.05. The van der Waals surface area contributed by atoms with Gasteiger partial charge >= 0.3 is 5.97 Å². The van der Waals surface area contributed by atoms with Crippen molar-refractivity contribution in [2.45, 2.75) is 45.1 Å². The van der Waals surface area contributed by atoms with Gasteiger partial charge in [-0.05, 0) is 49.8 Å². The second kappa shape index (κ2) is 6.64. The number of carbonyl (C=O) groups excluding carboxylic acids is 1. The van der Waals surface area contributed by atoms with Crippen molar-refractivity contribution in [3.05, 3.63) is 23.8 Å². The first-order chi connectivity index (χ1) is 9.65. The Hall–Kier alpha value is -1.71. The van der Waals surface area contributed by atoms with Crippen LogP contribution in [-0.4, -0.2) is 19.2 Å². The zero-order chi connectivity index (χ0) is 14.5. The molecule has 1 aliphatic rings. The molecule has 1 aromatic rings. The molecule has 0 amide bonds. The first kappa shape index (κ1) is 14.7. The van der Waals surface area contributed by atoms with Gasteiger partial charge in [-0.2, -0.15) is 0 Å². The minimum atomic E-state index is -0.406. The maximum absolute atomic E-state index is 11.8. The monoisotopic (exact) mass is 277 g/mol. The minimum Gasteiger partial charge on any atom is -0.489 e. The van der Waals surface area contributed by atoms with Gasteiger partial charge in [-0.15, -0.1) is 0 Å². The number of benzene rings is 1. The molecule has 2 rings (SSSR count). The van der Waals surface area contributed by atoms with Crippen molar-refractivity contribution in [1.82, 2.24) is 0 Å². The molecule has 2 N–H and O–H groups in total. The molecule has 1 fully saturated rings. The van der Waals surface area contributed by atoms with E-state index in [1.54, 1.807) is 18.2 Å². The van der Waals surface area contributed by atoms with Gasteiger partial charge < -0.3 is 15.2 Å². The molecule has 2 atom stereocenters.